The average molecular weight is 386 g/mol. The summed E-state index contributed by atoms with van der Waals surface area (Å²) >= 11 is 6.59. The summed E-state index contributed by atoms with van der Waals surface area (Å²) in [6, 6.07) is 14.7. The highest BCUT2D eigenvalue weighted by atomic mass is 32.2. The fraction of sp³-hybridized carbons (Fsp3) is 0.211. The zero-order chi connectivity index (χ0) is 18.7. The molecule has 0 radical (unpaired) electrons. The van der Waals surface area contributed by atoms with Gasteiger partial charge in [-0.15, -0.1) is 0 Å². The van der Waals surface area contributed by atoms with Crippen molar-refractivity contribution in [2.45, 2.75) is 18.6 Å². The van der Waals surface area contributed by atoms with Crippen LogP contribution >= 0.6 is 24.0 Å². The molecule has 26 heavy (non-hydrogen) atoms. The van der Waals surface area contributed by atoms with Gasteiger partial charge in [-0.2, -0.15) is 0 Å². The molecule has 1 saturated heterocycles. The Labute approximate surface area is 161 Å². The number of para-hydroxylation sites is 2. The topological polar surface area (TPSA) is 58.6 Å². The SMILES string of the molecule is COc1ccccc1N1C(=O)C(CC(=O)Nc2cccc(C)c2)SC1=S. The summed E-state index contributed by atoms with van der Waals surface area (Å²) in [4.78, 5) is 26.6. The van der Waals surface area contributed by atoms with Gasteiger partial charge in [-0.25, -0.2) is 0 Å². The van der Waals surface area contributed by atoms with Crippen molar-refractivity contribution in [1.29, 1.82) is 0 Å². The Morgan fingerprint density at radius 2 is 2.04 bits per heavy atom. The second-order valence-electron chi connectivity index (χ2n) is 5.84. The van der Waals surface area contributed by atoms with E-state index in [9.17, 15) is 9.59 Å². The molecule has 134 valence electrons. The number of hydrogen-bond donors (Lipinski definition) is 1. The first-order valence-electron chi connectivity index (χ1n) is 8.03. The van der Waals surface area contributed by atoms with Crippen LogP contribution in [0.1, 0.15) is 12.0 Å². The molecule has 2 aromatic carbocycles. The Kier molecular flexibility index (Phi) is 5.58. The minimum Gasteiger partial charge on any atom is -0.495 e. The highest BCUT2D eigenvalue weighted by molar-refractivity contribution is 8.25. The van der Waals surface area contributed by atoms with Gasteiger partial charge in [0.05, 0.1) is 12.8 Å². The molecule has 0 saturated carbocycles. The van der Waals surface area contributed by atoms with E-state index < -0.39 is 5.25 Å². The van der Waals surface area contributed by atoms with Gasteiger partial charge in [0.15, 0.2) is 0 Å². The molecule has 1 unspecified atom stereocenters. The molecule has 0 aliphatic carbocycles. The first-order valence-corrected chi connectivity index (χ1v) is 9.32. The predicted molar refractivity (Wildman–Crippen MR) is 109 cm³/mol. The number of rotatable bonds is 5. The van der Waals surface area contributed by atoms with E-state index in [0.717, 1.165) is 11.3 Å². The predicted octanol–water partition coefficient (Wildman–Crippen LogP) is 3.77. The molecule has 0 spiro atoms. The molecule has 5 nitrogen and oxygen atoms in total. The lowest BCUT2D eigenvalue weighted by atomic mass is 10.2. The van der Waals surface area contributed by atoms with Crippen molar-refractivity contribution in [3.8, 4) is 5.75 Å². The summed E-state index contributed by atoms with van der Waals surface area (Å²) in [5.41, 5.74) is 2.37. The fourth-order valence-corrected chi connectivity index (χ4v) is 4.24. The maximum atomic E-state index is 12.8. The lowest BCUT2D eigenvalue weighted by Crippen LogP contribution is -2.33. The van der Waals surface area contributed by atoms with Crippen LogP contribution in [0.4, 0.5) is 11.4 Å². The van der Waals surface area contributed by atoms with Gasteiger partial charge in [-0.1, -0.05) is 48.2 Å². The van der Waals surface area contributed by atoms with E-state index in [1.54, 1.807) is 19.2 Å². The van der Waals surface area contributed by atoms with E-state index in [1.807, 2.05) is 43.3 Å². The summed E-state index contributed by atoms with van der Waals surface area (Å²) in [6.07, 6.45) is 0.0588. The van der Waals surface area contributed by atoms with Crippen molar-refractivity contribution in [3.63, 3.8) is 0 Å². The first-order chi connectivity index (χ1) is 12.5. The van der Waals surface area contributed by atoms with Crippen LogP contribution < -0.4 is 15.0 Å². The molecule has 1 heterocycles. The number of carbonyl (C=O) groups excluding carboxylic acids is 2. The Morgan fingerprint density at radius 1 is 1.27 bits per heavy atom. The van der Waals surface area contributed by atoms with E-state index >= 15 is 0 Å². The summed E-state index contributed by atoms with van der Waals surface area (Å²) in [5, 5.41) is 2.29. The number of amides is 2. The molecule has 0 bridgehead atoms. The highest BCUT2D eigenvalue weighted by Gasteiger charge is 2.40. The largest absolute Gasteiger partial charge is 0.495 e. The number of anilines is 2. The molecule has 2 aromatic rings. The van der Waals surface area contributed by atoms with Gasteiger partial charge < -0.3 is 10.1 Å². The van der Waals surface area contributed by atoms with Crippen LogP contribution in [0.15, 0.2) is 48.5 Å². The first kappa shape index (κ1) is 18.4. The number of thioether (sulfide) groups is 1. The van der Waals surface area contributed by atoms with Gasteiger partial charge in [0.25, 0.3) is 0 Å². The number of benzene rings is 2. The molecule has 2 amide bonds. The number of thiocarbonyl (C=S) groups is 1. The van der Waals surface area contributed by atoms with E-state index in [2.05, 4.69) is 5.32 Å². The second-order valence-corrected chi connectivity index (χ2v) is 7.68. The Hall–Kier alpha value is -2.38. The third-order valence-corrected chi connectivity index (χ3v) is 5.43. The highest BCUT2D eigenvalue weighted by Crippen LogP contribution is 2.38. The molecule has 1 aliphatic rings. The van der Waals surface area contributed by atoms with Gasteiger partial charge in [-0.3, -0.25) is 14.5 Å². The van der Waals surface area contributed by atoms with Crippen molar-refractivity contribution < 1.29 is 14.3 Å². The number of carbonyl (C=O) groups is 2. The van der Waals surface area contributed by atoms with E-state index in [-0.39, 0.29) is 18.2 Å². The minimum absolute atomic E-state index is 0.0588. The van der Waals surface area contributed by atoms with Gasteiger partial charge in [0.2, 0.25) is 11.8 Å². The summed E-state index contributed by atoms with van der Waals surface area (Å²) in [7, 11) is 1.54. The quantitative estimate of drug-likeness (QED) is 0.793. The van der Waals surface area contributed by atoms with Crippen molar-refractivity contribution in [2.75, 3.05) is 17.3 Å². The van der Waals surface area contributed by atoms with Crippen molar-refractivity contribution in [3.05, 3.63) is 54.1 Å². The molecule has 3 rings (SSSR count). The van der Waals surface area contributed by atoms with Crippen LogP contribution in [0.5, 0.6) is 5.75 Å². The Morgan fingerprint density at radius 3 is 2.77 bits per heavy atom. The van der Waals surface area contributed by atoms with E-state index in [0.29, 0.717) is 15.8 Å². The van der Waals surface area contributed by atoms with Crippen LogP contribution in [0.25, 0.3) is 0 Å². The fourth-order valence-electron chi connectivity index (χ4n) is 2.72. The van der Waals surface area contributed by atoms with Crippen molar-refractivity contribution >= 4 is 51.5 Å². The van der Waals surface area contributed by atoms with Gasteiger partial charge >= 0.3 is 0 Å². The minimum atomic E-state index is -0.544. The van der Waals surface area contributed by atoms with Crippen molar-refractivity contribution in [1.82, 2.24) is 0 Å². The third kappa shape index (κ3) is 3.89. The molecule has 1 N–H and O–H groups in total. The molecular weight excluding hydrogens is 368 g/mol. The van der Waals surface area contributed by atoms with Crippen LogP contribution in [0, 0.1) is 6.92 Å². The van der Waals surface area contributed by atoms with Crippen molar-refractivity contribution in [2.24, 2.45) is 0 Å². The van der Waals surface area contributed by atoms with Gasteiger partial charge in [0.1, 0.15) is 15.3 Å². The normalized spacial score (nSPS) is 16.7. The molecule has 1 atom stereocenters. The van der Waals surface area contributed by atoms with Crippen LogP contribution in [-0.2, 0) is 9.59 Å². The zero-order valence-corrected chi connectivity index (χ0v) is 16.0. The Balaban J connectivity index is 1.71. The van der Waals surface area contributed by atoms with Crippen LogP contribution in [0.2, 0.25) is 0 Å². The maximum Gasteiger partial charge on any atom is 0.246 e. The molecule has 7 heteroatoms. The average Bonchev–Trinajstić information content (AvgIpc) is 2.88. The van der Waals surface area contributed by atoms with Gasteiger partial charge in [0, 0.05) is 12.1 Å². The smallest absolute Gasteiger partial charge is 0.246 e. The molecular formula is C19H18N2O3S2. The lowest BCUT2D eigenvalue weighted by Gasteiger charge is -2.18. The lowest BCUT2D eigenvalue weighted by molar-refractivity contribution is -0.121. The number of nitrogens with zero attached hydrogens (tertiary/aromatic N) is 1. The van der Waals surface area contributed by atoms with Crippen LogP contribution in [-0.4, -0.2) is 28.5 Å². The van der Waals surface area contributed by atoms with E-state index in [4.69, 9.17) is 17.0 Å². The van der Waals surface area contributed by atoms with Crippen LogP contribution in [0.3, 0.4) is 0 Å². The molecule has 1 aliphatic heterocycles. The third-order valence-electron chi connectivity index (χ3n) is 3.92. The summed E-state index contributed by atoms with van der Waals surface area (Å²) < 4.78 is 5.74. The monoisotopic (exact) mass is 386 g/mol. The molecule has 1 fully saturated rings. The standard InChI is InChI=1S/C19H18N2O3S2/c1-12-6-5-7-13(10-12)20-17(22)11-16-18(23)21(19(25)26-16)14-8-3-4-9-15(14)24-2/h3-10,16H,11H2,1-2H3,(H,20,22). The maximum absolute atomic E-state index is 12.8. The number of ether oxygens (including phenoxy) is 1. The number of hydrogen-bond acceptors (Lipinski definition) is 5. The summed E-state index contributed by atoms with van der Waals surface area (Å²) in [5.74, 6) is 0.142. The Bertz CT molecular complexity index is 869. The number of nitrogens with one attached hydrogen (secondary N) is 1. The zero-order valence-electron chi connectivity index (χ0n) is 14.4. The number of methoxy groups -OCH3 is 1. The van der Waals surface area contributed by atoms with Gasteiger partial charge in [-0.05, 0) is 36.8 Å². The number of aryl methyl sites for hydroxylation is 1. The molecule has 0 aromatic heterocycles. The second kappa shape index (κ2) is 7.88. The summed E-state index contributed by atoms with van der Waals surface area (Å²) in [6.45, 7) is 1.95. The van der Waals surface area contributed by atoms with E-state index in [1.165, 1.54) is 16.7 Å².